The van der Waals surface area contributed by atoms with Crippen LogP contribution in [0, 0.1) is 5.82 Å². The lowest BCUT2D eigenvalue weighted by Crippen LogP contribution is -2.31. The molecule has 0 aliphatic carbocycles. The number of benzene rings is 1. The highest BCUT2D eigenvalue weighted by Gasteiger charge is 2.34. The molecule has 0 aromatic heterocycles. The van der Waals surface area contributed by atoms with E-state index in [2.05, 4.69) is 0 Å². The molecule has 1 aliphatic heterocycles. The van der Waals surface area contributed by atoms with Gasteiger partial charge in [-0.3, -0.25) is 0 Å². The number of ether oxygens (including phenoxy) is 1. The third kappa shape index (κ3) is 2.18. The van der Waals surface area contributed by atoms with Crippen LogP contribution in [0.1, 0.15) is 18.4 Å². The van der Waals surface area contributed by atoms with Crippen molar-refractivity contribution in [2.45, 2.75) is 18.4 Å². The molecule has 0 spiro atoms. The van der Waals surface area contributed by atoms with Gasteiger partial charge in [-0.15, -0.1) is 0 Å². The van der Waals surface area contributed by atoms with Crippen LogP contribution in [0.3, 0.4) is 0 Å². The normalized spacial score (nSPS) is 19.4. The lowest BCUT2D eigenvalue weighted by molar-refractivity contribution is 0.0254. The summed E-state index contributed by atoms with van der Waals surface area (Å²) >= 11 is 1.81. The van der Waals surface area contributed by atoms with Crippen LogP contribution < -0.4 is 4.74 Å². The minimum atomic E-state index is -0.932. The first-order valence-corrected chi connectivity index (χ1v) is 6.45. The Morgan fingerprint density at radius 3 is 2.69 bits per heavy atom. The summed E-state index contributed by atoms with van der Waals surface area (Å²) in [5.74, 6) is 2.03. The van der Waals surface area contributed by atoms with Gasteiger partial charge in [-0.2, -0.15) is 11.8 Å². The summed E-state index contributed by atoms with van der Waals surface area (Å²) < 4.78 is 18.4. The van der Waals surface area contributed by atoms with Crippen molar-refractivity contribution in [3.05, 3.63) is 29.6 Å². The summed E-state index contributed by atoms with van der Waals surface area (Å²) in [4.78, 5) is 0. The minimum Gasteiger partial charge on any atom is -0.496 e. The zero-order valence-corrected chi connectivity index (χ0v) is 10.0. The Bertz CT molecular complexity index is 375. The van der Waals surface area contributed by atoms with Crippen molar-refractivity contribution in [3.63, 3.8) is 0 Å². The largest absolute Gasteiger partial charge is 0.496 e. The van der Waals surface area contributed by atoms with Crippen molar-refractivity contribution in [3.8, 4) is 5.75 Å². The van der Waals surface area contributed by atoms with Crippen LogP contribution in [-0.4, -0.2) is 23.7 Å². The summed E-state index contributed by atoms with van der Waals surface area (Å²) in [5, 5.41) is 10.5. The van der Waals surface area contributed by atoms with E-state index in [1.165, 1.54) is 19.2 Å². The molecule has 1 aromatic rings. The standard InChI is InChI=1S/C12H15FO2S/c1-15-11-3-2-9(13)8-10(11)12(14)4-6-16-7-5-12/h2-3,8,14H,4-7H2,1H3. The molecule has 1 N–H and O–H groups in total. The maximum absolute atomic E-state index is 13.2. The number of halogens is 1. The SMILES string of the molecule is COc1ccc(F)cc1C1(O)CCSCC1. The predicted octanol–water partition coefficient (Wildman–Crippen LogP) is 2.55. The summed E-state index contributed by atoms with van der Waals surface area (Å²) in [6.45, 7) is 0. The molecule has 0 radical (unpaired) electrons. The molecular weight excluding hydrogens is 227 g/mol. The molecule has 16 heavy (non-hydrogen) atoms. The molecule has 1 saturated heterocycles. The Morgan fingerprint density at radius 1 is 1.38 bits per heavy atom. The average Bonchev–Trinajstić information content (AvgIpc) is 2.30. The first-order chi connectivity index (χ1) is 7.65. The highest BCUT2D eigenvalue weighted by molar-refractivity contribution is 7.99. The molecule has 0 atom stereocenters. The van der Waals surface area contributed by atoms with Crippen LogP contribution >= 0.6 is 11.8 Å². The molecular formula is C12H15FO2S. The van der Waals surface area contributed by atoms with Crippen LogP contribution in [0.15, 0.2) is 18.2 Å². The molecule has 0 amide bonds. The van der Waals surface area contributed by atoms with Gasteiger partial charge in [0.15, 0.2) is 0 Å². The molecule has 2 rings (SSSR count). The molecule has 1 aromatic carbocycles. The minimum absolute atomic E-state index is 0.331. The van der Waals surface area contributed by atoms with Gasteiger partial charge in [-0.05, 0) is 42.5 Å². The van der Waals surface area contributed by atoms with Gasteiger partial charge < -0.3 is 9.84 Å². The maximum Gasteiger partial charge on any atom is 0.125 e. The van der Waals surface area contributed by atoms with Crippen molar-refractivity contribution in [1.29, 1.82) is 0 Å². The van der Waals surface area contributed by atoms with E-state index in [9.17, 15) is 9.50 Å². The van der Waals surface area contributed by atoms with Gasteiger partial charge >= 0.3 is 0 Å². The second-order valence-electron chi connectivity index (χ2n) is 3.99. The highest BCUT2D eigenvalue weighted by Crippen LogP contribution is 2.40. The van der Waals surface area contributed by atoms with Crippen LogP contribution in [-0.2, 0) is 5.60 Å². The number of hydrogen-bond acceptors (Lipinski definition) is 3. The first kappa shape index (κ1) is 11.7. The Hall–Kier alpha value is -0.740. The van der Waals surface area contributed by atoms with E-state index in [0.29, 0.717) is 24.2 Å². The van der Waals surface area contributed by atoms with Gasteiger partial charge in [-0.25, -0.2) is 4.39 Å². The number of aliphatic hydroxyl groups is 1. The number of thioether (sulfide) groups is 1. The molecule has 1 aliphatic rings. The molecule has 88 valence electrons. The van der Waals surface area contributed by atoms with Crippen LogP contribution in [0.25, 0.3) is 0 Å². The molecule has 0 unspecified atom stereocenters. The van der Waals surface area contributed by atoms with E-state index in [4.69, 9.17) is 4.74 Å². The van der Waals surface area contributed by atoms with E-state index >= 15 is 0 Å². The van der Waals surface area contributed by atoms with Crippen molar-refractivity contribution in [2.75, 3.05) is 18.6 Å². The number of hydrogen-bond donors (Lipinski definition) is 1. The summed E-state index contributed by atoms with van der Waals surface area (Å²) in [6, 6.07) is 4.31. The van der Waals surface area contributed by atoms with Gasteiger partial charge in [0.25, 0.3) is 0 Å². The van der Waals surface area contributed by atoms with Crippen molar-refractivity contribution < 1.29 is 14.2 Å². The van der Waals surface area contributed by atoms with E-state index in [1.807, 2.05) is 11.8 Å². The van der Waals surface area contributed by atoms with Gasteiger partial charge in [0.1, 0.15) is 11.6 Å². The van der Waals surface area contributed by atoms with E-state index < -0.39 is 5.60 Å². The predicted molar refractivity (Wildman–Crippen MR) is 63.4 cm³/mol. The Balaban J connectivity index is 2.40. The second kappa shape index (κ2) is 4.63. The maximum atomic E-state index is 13.2. The summed E-state index contributed by atoms with van der Waals surface area (Å²) in [6.07, 6.45) is 1.30. The quantitative estimate of drug-likeness (QED) is 0.864. The average molecular weight is 242 g/mol. The third-order valence-electron chi connectivity index (χ3n) is 2.98. The fourth-order valence-corrected chi connectivity index (χ4v) is 3.19. The number of methoxy groups -OCH3 is 1. The summed E-state index contributed by atoms with van der Waals surface area (Å²) in [5.41, 5.74) is -0.353. The molecule has 1 fully saturated rings. The Morgan fingerprint density at radius 2 is 2.06 bits per heavy atom. The Kier molecular flexibility index (Phi) is 3.40. The molecule has 2 nitrogen and oxygen atoms in total. The highest BCUT2D eigenvalue weighted by atomic mass is 32.2. The zero-order chi connectivity index (χ0) is 11.6. The smallest absolute Gasteiger partial charge is 0.125 e. The Labute approximate surface area is 98.8 Å². The third-order valence-corrected chi connectivity index (χ3v) is 3.97. The fourth-order valence-electron chi connectivity index (χ4n) is 2.02. The van der Waals surface area contributed by atoms with Crippen molar-refractivity contribution >= 4 is 11.8 Å². The lowest BCUT2D eigenvalue weighted by Gasteiger charge is -2.33. The zero-order valence-electron chi connectivity index (χ0n) is 9.20. The van der Waals surface area contributed by atoms with Gasteiger partial charge in [0.2, 0.25) is 0 Å². The molecule has 1 heterocycles. The second-order valence-corrected chi connectivity index (χ2v) is 5.21. The van der Waals surface area contributed by atoms with Gasteiger partial charge in [-0.1, -0.05) is 0 Å². The topological polar surface area (TPSA) is 29.5 Å². The van der Waals surface area contributed by atoms with Crippen LogP contribution in [0.5, 0.6) is 5.75 Å². The molecule has 4 heteroatoms. The molecule has 0 saturated carbocycles. The van der Waals surface area contributed by atoms with Gasteiger partial charge in [0, 0.05) is 5.56 Å². The van der Waals surface area contributed by atoms with Gasteiger partial charge in [0.05, 0.1) is 12.7 Å². The monoisotopic (exact) mass is 242 g/mol. The van der Waals surface area contributed by atoms with E-state index in [0.717, 1.165) is 11.5 Å². The van der Waals surface area contributed by atoms with Crippen LogP contribution in [0.4, 0.5) is 4.39 Å². The van der Waals surface area contributed by atoms with Crippen molar-refractivity contribution in [1.82, 2.24) is 0 Å². The van der Waals surface area contributed by atoms with E-state index in [-0.39, 0.29) is 5.82 Å². The van der Waals surface area contributed by atoms with Crippen molar-refractivity contribution in [2.24, 2.45) is 0 Å². The molecule has 0 bridgehead atoms. The first-order valence-electron chi connectivity index (χ1n) is 5.30. The summed E-state index contributed by atoms with van der Waals surface area (Å²) in [7, 11) is 1.54. The van der Waals surface area contributed by atoms with E-state index in [1.54, 1.807) is 6.07 Å². The lowest BCUT2D eigenvalue weighted by atomic mass is 9.87. The fraction of sp³-hybridized carbons (Fsp3) is 0.500. The van der Waals surface area contributed by atoms with Crippen LogP contribution in [0.2, 0.25) is 0 Å². The number of rotatable bonds is 2.